The van der Waals surface area contributed by atoms with Gasteiger partial charge in [0.2, 0.25) is 0 Å². The summed E-state index contributed by atoms with van der Waals surface area (Å²) >= 11 is 0. The van der Waals surface area contributed by atoms with Crippen molar-refractivity contribution in [3.8, 4) is 11.4 Å². The second-order valence-corrected chi connectivity index (χ2v) is 8.63. The Bertz CT molecular complexity index is 1330. The summed E-state index contributed by atoms with van der Waals surface area (Å²) in [5, 5.41) is 4.47. The number of hydrogen-bond acceptors (Lipinski definition) is 5. The normalized spacial score (nSPS) is 13.6. The van der Waals surface area contributed by atoms with Crippen LogP contribution in [0.4, 0.5) is 11.5 Å². The van der Waals surface area contributed by atoms with Crippen LogP contribution in [0, 0.1) is 6.92 Å². The van der Waals surface area contributed by atoms with Gasteiger partial charge in [0.15, 0.2) is 11.6 Å². The second-order valence-electron chi connectivity index (χ2n) is 8.63. The number of hydrogen-bond donors (Lipinski definition) is 3. The van der Waals surface area contributed by atoms with E-state index in [0.717, 1.165) is 65.2 Å². The topological polar surface area (TPSA) is 99.9 Å². The molecule has 1 amide bonds. The molecule has 1 aliphatic rings. The minimum absolute atomic E-state index is 0.455. The lowest BCUT2D eigenvalue weighted by molar-refractivity contribution is 0.100. The van der Waals surface area contributed by atoms with Crippen molar-refractivity contribution in [1.29, 1.82) is 0 Å². The highest BCUT2D eigenvalue weighted by atomic mass is 16.1. The predicted molar refractivity (Wildman–Crippen MR) is 133 cm³/mol. The summed E-state index contributed by atoms with van der Waals surface area (Å²) in [4.78, 5) is 27.6. The quantitative estimate of drug-likeness (QED) is 0.427. The van der Waals surface area contributed by atoms with Gasteiger partial charge in [-0.2, -0.15) is 0 Å². The van der Waals surface area contributed by atoms with Gasteiger partial charge in [-0.1, -0.05) is 42.5 Å². The Morgan fingerprint density at radius 3 is 2.73 bits per heavy atom. The number of nitrogens with zero attached hydrogens (tertiary/aromatic N) is 3. The zero-order valence-electron chi connectivity index (χ0n) is 19.0. The molecule has 5 rings (SSSR count). The van der Waals surface area contributed by atoms with Gasteiger partial charge in [-0.3, -0.25) is 4.79 Å². The molecule has 4 N–H and O–H groups in total. The highest BCUT2D eigenvalue weighted by Crippen LogP contribution is 2.37. The van der Waals surface area contributed by atoms with Crippen LogP contribution in [0.15, 0.2) is 48.5 Å². The highest BCUT2D eigenvalue weighted by molar-refractivity contribution is 6.09. The number of benzene rings is 2. The van der Waals surface area contributed by atoms with Crippen LogP contribution in [0.2, 0.25) is 0 Å². The SMILES string of the molecule is Cc1[nH]c2c(C(N)=O)cccc2c1-c1nc2c(c(NCc3ccccc3)n1)N(C)CCCC2. The van der Waals surface area contributed by atoms with Crippen molar-refractivity contribution < 1.29 is 4.79 Å². The molecule has 33 heavy (non-hydrogen) atoms. The van der Waals surface area contributed by atoms with E-state index in [-0.39, 0.29) is 0 Å². The number of aryl methyl sites for hydroxylation is 2. The van der Waals surface area contributed by atoms with E-state index < -0.39 is 5.91 Å². The number of nitrogens with two attached hydrogens (primary N) is 1. The molecule has 0 bridgehead atoms. The van der Waals surface area contributed by atoms with E-state index in [2.05, 4.69) is 34.4 Å². The van der Waals surface area contributed by atoms with Crippen molar-refractivity contribution in [2.24, 2.45) is 5.73 Å². The van der Waals surface area contributed by atoms with Crippen molar-refractivity contribution in [3.63, 3.8) is 0 Å². The first kappa shape index (κ1) is 21.0. The lowest BCUT2D eigenvalue weighted by Crippen LogP contribution is -2.21. The zero-order valence-corrected chi connectivity index (χ0v) is 19.0. The number of aromatic nitrogens is 3. The van der Waals surface area contributed by atoms with Crippen molar-refractivity contribution in [2.75, 3.05) is 23.8 Å². The number of anilines is 2. The van der Waals surface area contributed by atoms with Gasteiger partial charge in [0, 0.05) is 36.8 Å². The number of aromatic amines is 1. The van der Waals surface area contributed by atoms with Gasteiger partial charge in [-0.15, -0.1) is 0 Å². The molecule has 0 radical (unpaired) electrons. The largest absolute Gasteiger partial charge is 0.370 e. The van der Waals surface area contributed by atoms with Crippen molar-refractivity contribution in [3.05, 3.63) is 71.0 Å². The minimum atomic E-state index is -0.455. The van der Waals surface area contributed by atoms with Gasteiger partial charge in [0.1, 0.15) is 5.69 Å². The molecule has 168 valence electrons. The molecule has 2 aromatic carbocycles. The summed E-state index contributed by atoms with van der Waals surface area (Å²) < 4.78 is 0. The Morgan fingerprint density at radius 1 is 1.12 bits per heavy atom. The molecule has 2 aromatic heterocycles. The van der Waals surface area contributed by atoms with E-state index in [1.165, 1.54) is 5.56 Å². The molecule has 0 saturated carbocycles. The number of carbonyl (C=O) groups excluding carboxylic acids is 1. The fraction of sp³-hybridized carbons (Fsp3) is 0.269. The van der Waals surface area contributed by atoms with E-state index >= 15 is 0 Å². The maximum Gasteiger partial charge on any atom is 0.250 e. The summed E-state index contributed by atoms with van der Waals surface area (Å²) in [6.07, 6.45) is 3.11. The van der Waals surface area contributed by atoms with Crippen LogP contribution < -0.4 is 16.0 Å². The number of amides is 1. The average molecular weight is 441 g/mol. The first-order valence-corrected chi connectivity index (χ1v) is 11.3. The molecule has 1 aliphatic heterocycles. The van der Waals surface area contributed by atoms with Crippen molar-refractivity contribution in [2.45, 2.75) is 32.7 Å². The first-order chi connectivity index (χ1) is 16.0. The number of fused-ring (bicyclic) bond motifs is 2. The standard InChI is InChI=1S/C26H28N6O/c1-16-21(18-11-8-12-19(24(27)33)22(18)29-16)25-30-20-13-6-7-14-32(2)23(20)26(31-25)28-15-17-9-4-3-5-10-17/h3-5,8-12,29H,6-7,13-15H2,1-2H3,(H2,27,33)(H,28,30,31). The van der Waals surface area contributed by atoms with E-state index in [9.17, 15) is 4.79 Å². The number of nitrogens with one attached hydrogen (secondary N) is 2. The zero-order chi connectivity index (χ0) is 22.9. The lowest BCUT2D eigenvalue weighted by atomic mass is 10.1. The lowest BCUT2D eigenvalue weighted by Gasteiger charge is -2.23. The number of H-pyrrole nitrogens is 1. The molecule has 7 heteroatoms. The summed E-state index contributed by atoms with van der Waals surface area (Å²) in [6, 6.07) is 15.9. The minimum Gasteiger partial charge on any atom is -0.370 e. The second kappa shape index (κ2) is 8.58. The Labute approximate surface area is 193 Å². The Balaban J connectivity index is 1.66. The van der Waals surface area contributed by atoms with Gasteiger partial charge < -0.3 is 20.9 Å². The molecule has 3 heterocycles. The highest BCUT2D eigenvalue weighted by Gasteiger charge is 2.24. The third-order valence-electron chi connectivity index (χ3n) is 6.31. The van der Waals surface area contributed by atoms with Crippen LogP contribution >= 0.6 is 0 Å². The predicted octanol–water partition coefficient (Wildman–Crippen LogP) is 4.42. The average Bonchev–Trinajstić information content (AvgIpc) is 3.04. The maximum atomic E-state index is 12.0. The molecule has 0 fully saturated rings. The van der Waals surface area contributed by atoms with E-state index in [4.69, 9.17) is 15.7 Å². The van der Waals surface area contributed by atoms with Crippen LogP contribution in [0.25, 0.3) is 22.3 Å². The Morgan fingerprint density at radius 2 is 1.94 bits per heavy atom. The van der Waals surface area contributed by atoms with Crippen molar-refractivity contribution >= 4 is 28.3 Å². The van der Waals surface area contributed by atoms with Crippen LogP contribution in [-0.4, -0.2) is 34.5 Å². The smallest absolute Gasteiger partial charge is 0.250 e. The Kier molecular flexibility index (Phi) is 5.46. The van der Waals surface area contributed by atoms with E-state index in [0.29, 0.717) is 17.9 Å². The molecule has 0 atom stereocenters. The molecule has 4 aromatic rings. The fourth-order valence-corrected chi connectivity index (χ4v) is 4.69. The number of primary amides is 1. The van der Waals surface area contributed by atoms with Crippen molar-refractivity contribution in [1.82, 2.24) is 15.0 Å². The molecule has 0 unspecified atom stereocenters. The first-order valence-electron chi connectivity index (χ1n) is 11.3. The van der Waals surface area contributed by atoms with Gasteiger partial charge in [-0.05, 0) is 37.8 Å². The number of rotatable bonds is 5. The molecule has 7 nitrogen and oxygen atoms in total. The van der Waals surface area contributed by atoms with Gasteiger partial charge in [0.25, 0.3) is 5.91 Å². The van der Waals surface area contributed by atoms with Crippen LogP contribution in [0.1, 0.15) is 40.2 Å². The molecular formula is C26H28N6O. The third kappa shape index (κ3) is 3.91. The van der Waals surface area contributed by atoms with E-state index in [1.807, 2.05) is 37.3 Å². The Hall–Kier alpha value is -3.87. The molecular weight excluding hydrogens is 412 g/mol. The van der Waals surface area contributed by atoms with Gasteiger partial charge in [-0.25, -0.2) is 9.97 Å². The maximum absolute atomic E-state index is 12.0. The summed E-state index contributed by atoms with van der Waals surface area (Å²) in [5.74, 6) is 1.04. The molecule has 0 aliphatic carbocycles. The number of para-hydroxylation sites is 1. The van der Waals surface area contributed by atoms with Crippen LogP contribution in [-0.2, 0) is 13.0 Å². The van der Waals surface area contributed by atoms with Crippen LogP contribution in [0.5, 0.6) is 0 Å². The fourth-order valence-electron chi connectivity index (χ4n) is 4.69. The number of carbonyl (C=O) groups is 1. The molecule has 0 spiro atoms. The third-order valence-corrected chi connectivity index (χ3v) is 6.31. The van der Waals surface area contributed by atoms with Gasteiger partial charge >= 0.3 is 0 Å². The summed E-state index contributed by atoms with van der Waals surface area (Å²) in [6.45, 7) is 3.64. The molecule has 0 saturated heterocycles. The summed E-state index contributed by atoms with van der Waals surface area (Å²) in [5.41, 5.74) is 11.9. The summed E-state index contributed by atoms with van der Waals surface area (Å²) in [7, 11) is 2.11. The van der Waals surface area contributed by atoms with Gasteiger partial charge in [0.05, 0.1) is 16.8 Å². The monoisotopic (exact) mass is 440 g/mol. The van der Waals surface area contributed by atoms with Crippen LogP contribution in [0.3, 0.4) is 0 Å². The van der Waals surface area contributed by atoms with E-state index in [1.54, 1.807) is 6.07 Å².